The summed E-state index contributed by atoms with van der Waals surface area (Å²) in [7, 11) is 0. The lowest BCUT2D eigenvalue weighted by Gasteiger charge is -2.22. The molecule has 5 nitrogen and oxygen atoms in total. The van der Waals surface area contributed by atoms with Crippen molar-refractivity contribution in [3.63, 3.8) is 0 Å². The number of nitrogens with zero attached hydrogens (tertiary/aromatic N) is 1. The van der Waals surface area contributed by atoms with Crippen molar-refractivity contribution in [1.29, 1.82) is 0 Å². The van der Waals surface area contributed by atoms with Gasteiger partial charge in [0.05, 0.1) is 12.2 Å². The van der Waals surface area contributed by atoms with Gasteiger partial charge in [0.1, 0.15) is 6.04 Å². The molecule has 0 aliphatic carbocycles. The molecular formula is C20H24ClNO4. The molecule has 6 heteroatoms. The Morgan fingerprint density at radius 1 is 1.23 bits per heavy atom. The van der Waals surface area contributed by atoms with Gasteiger partial charge in [0, 0.05) is 16.4 Å². The average molecular weight is 378 g/mol. The number of hydrogen-bond acceptors (Lipinski definition) is 3. The Hall–Kier alpha value is -2.27. The molecule has 140 valence electrons. The third-order valence-corrected chi connectivity index (χ3v) is 4.47. The van der Waals surface area contributed by atoms with E-state index < -0.39 is 18.0 Å². The van der Waals surface area contributed by atoms with Crippen LogP contribution in [-0.4, -0.2) is 28.2 Å². The lowest BCUT2D eigenvalue weighted by Crippen LogP contribution is -2.23. The van der Waals surface area contributed by atoms with Gasteiger partial charge in [0.2, 0.25) is 0 Å². The SMILES string of the molecule is CCOC(=O)c1cc(-c2ccc(Cl)cc2)n(C(CC(C)C)C(=O)O)c1C. The quantitative estimate of drug-likeness (QED) is 0.692. The van der Waals surface area contributed by atoms with Crippen LogP contribution in [0.5, 0.6) is 0 Å². The lowest BCUT2D eigenvalue weighted by molar-refractivity contribution is -0.141. The zero-order valence-corrected chi connectivity index (χ0v) is 16.2. The molecule has 0 radical (unpaired) electrons. The highest BCUT2D eigenvalue weighted by atomic mass is 35.5. The molecule has 0 aliphatic heterocycles. The Bertz CT molecular complexity index is 793. The van der Waals surface area contributed by atoms with Crippen molar-refractivity contribution in [2.24, 2.45) is 5.92 Å². The minimum absolute atomic E-state index is 0.182. The van der Waals surface area contributed by atoms with Crippen molar-refractivity contribution in [3.05, 3.63) is 46.6 Å². The summed E-state index contributed by atoms with van der Waals surface area (Å²) < 4.78 is 6.85. The second-order valence-corrected chi connectivity index (χ2v) is 7.05. The van der Waals surface area contributed by atoms with Crippen LogP contribution < -0.4 is 0 Å². The van der Waals surface area contributed by atoms with Crippen LogP contribution in [0.4, 0.5) is 0 Å². The third kappa shape index (κ3) is 4.28. The summed E-state index contributed by atoms with van der Waals surface area (Å²) in [5.41, 5.74) is 2.42. The number of hydrogen-bond donors (Lipinski definition) is 1. The van der Waals surface area contributed by atoms with E-state index in [1.165, 1.54) is 0 Å². The van der Waals surface area contributed by atoms with E-state index in [9.17, 15) is 14.7 Å². The molecule has 1 unspecified atom stereocenters. The van der Waals surface area contributed by atoms with E-state index in [0.29, 0.717) is 28.4 Å². The monoisotopic (exact) mass is 377 g/mol. The van der Waals surface area contributed by atoms with E-state index in [2.05, 4.69) is 0 Å². The number of aromatic nitrogens is 1. The van der Waals surface area contributed by atoms with Gasteiger partial charge in [-0.15, -0.1) is 0 Å². The zero-order chi connectivity index (χ0) is 19.4. The molecule has 0 bridgehead atoms. The lowest BCUT2D eigenvalue weighted by atomic mass is 10.0. The van der Waals surface area contributed by atoms with Crippen LogP contribution in [0.1, 0.15) is 49.3 Å². The Morgan fingerprint density at radius 2 is 1.85 bits per heavy atom. The van der Waals surface area contributed by atoms with Gasteiger partial charge in [-0.2, -0.15) is 0 Å². The van der Waals surface area contributed by atoms with Gasteiger partial charge in [-0.1, -0.05) is 37.6 Å². The Balaban J connectivity index is 2.67. The van der Waals surface area contributed by atoms with Gasteiger partial charge in [-0.25, -0.2) is 9.59 Å². The number of aliphatic carboxylic acids is 1. The van der Waals surface area contributed by atoms with E-state index in [0.717, 1.165) is 5.56 Å². The third-order valence-electron chi connectivity index (χ3n) is 4.22. The molecule has 0 saturated heterocycles. The number of carbonyl (C=O) groups excluding carboxylic acids is 1. The fraction of sp³-hybridized carbons (Fsp3) is 0.400. The molecule has 0 amide bonds. The first-order valence-electron chi connectivity index (χ1n) is 8.63. The van der Waals surface area contributed by atoms with E-state index in [4.69, 9.17) is 16.3 Å². The number of carboxylic acids is 1. The number of carbonyl (C=O) groups is 2. The number of halogens is 1. The number of benzene rings is 1. The van der Waals surface area contributed by atoms with Crippen LogP contribution in [0.3, 0.4) is 0 Å². The van der Waals surface area contributed by atoms with Crippen LogP contribution in [0, 0.1) is 12.8 Å². The molecule has 1 aromatic carbocycles. The van der Waals surface area contributed by atoms with Crippen molar-refractivity contribution in [2.75, 3.05) is 6.61 Å². The Kier molecular flexibility index (Phi) is 6.48. The normalized spacial score (nSPS) is 12.2. The van der Waals surface area contributed by atoms with Gasteiger partial charge in [-0.3, -0.25) is 0 Å². The van der Waals surface area contributed by atoms with Crippen molar-refractivity contribution in [1.82, 2.24) is 4.57 Å². The van der Waals surface area contributed by atoms with Crippen LogP contribution >= 0.6 is 11.6 Å². The maximum absolute atomic E-state index is 12.3. The van der Waals surface area contributed by atoms with Gasteiger partial charge in [0.15, 0.2) is 0 Å². The Labute approximate surface area is 158 Å². The maximum atomic E-state index is 12.3. The molecule has 1 N–H and O–H groups in total. The van der Waals surface area contributed by atoms with E-state index >= 15 is 0 Å². The first-order valence-corrected chi connectivity index (χ1v) is 9.01. The topological polar surface area (TPSA) is 68.5 Å². The number of ether oxygens (including phenoxy) is 1. The molecule has 1 atom stereocenters. The van der Waals surface area contributed by atoms with E-state index in [1.807, 2.05) is 26.0 Å². The van der Waals surface area contributed by atoms with Crippen molar-refractivity contribution >= 4 is 23.5 Å². The average Bonchev–Trinajstić information content (AvgIpc) is 2.90. The Morgan fingerprint density at radius 3 is 2.35 bits per heavy atom. The van der Waals surface area contributed by atoms with E-state index in [1.54, 1.807) is 36.6 Å². The van der Waals surface area contributed by atoms with Gasteiger partial charge in [-0.05, 0) is 49.9 Å². The van der Waals surface area contributed by atoms with Crippen LogP contribution in [-0.2, 0) is 9.53 Å². The number of carboxylic acid groups (broad SMARTS) is 1. The molecule has 1 aromatic heterocycles. The molecule has 0 fully saturated rings. The molecule has 1 heterocycles. The number of rotatable bonds is 7. The molecule has 26 heavy (non-hydrogen) atoms. The largest absolute Gasteiger partial charge is 0.480 e. The highest BCUT2D eigenvalue weighted by Crippen LogP contribution is 2.33. The second-order valence-electron chi connectivity index (χ2n) is 6.61. The molecule has 2 aromatic rings. The summed E-state index contributed by atoms with van der Waals surface area (Å²) in [5, 5.41) is 10.4. The molecule has 2 rings (SSSR count). The van der Waals surface area contributed by atoms with Crippen LogP contribution in [0.25, 0.3) is 11.3 Å². The van der Waals surface area contributed by atoms with Crippen molar-refractivity contribution in [3.8, 4) is 11.3 Å². The summed E-state index contributed by atoms with van der Waals surface area (Å²) in [6.45, 7) is 7.70. The van der Waals surface area contributed by atoms with Gasteiger partial charge < -0.3 is 14.4 Å². The maximum Gasteiger partial charge on any atom is 0.339 e. The van der Waals surface area contributed by atoms with Gasteiger partial charge in [0.25, 0.3) is 0 Å². The fourth-order valence-corrected chi connectivity index (χ4v) is 3.17. The summed E-state index contributed by atoms with van der Waals surface area (Å²) in [5.74, 6) is -1.20. The van der Waals surface area contributed by atoms with Crippen molar-refractivity contribution in [2.45, 2.75) is 40.2 Å². The highest BCUT2D eigenvalue weighted by molar-refractivity contribution is 6.30. The zero-order valence-electron chi connectivity index (χ0n) is 15.5. The van der Waals surface area contributed by atoms with Crippen LogP contribution in [0.15, 0.2) is 30.3 Å². The van der Waals surface area contributed by atoms with Gasteiger partial charge >= 0.3 is 11.9 Å². The van der Waals surface area contributed by atoms with Crippen molar-refractivity contribution < 1.29 is 19.4 Å². The number of esters is 1. The molecule has 0 spiro atoms. The first-order chi connectivity index (χ1) is 12.3. The summed E-state index contributed by atoms with van der Waals surface area (Å²) in [6.07, 6.45) is 0.452. The van der Waals surface area contributed by atoms with E-state index in [-0.39, 0.29) is 12.5 Å². The second kappa shape index (κ2) is 8.41. The van der Waals surface area contributed by atoms with Crippen LogP contribution in [0.2, 0.25) is 5.02 Å². The summed E-state index contributed by atoms with van der Waals surface area (Å²) >= 11 is 5.97. The molecule has 0 aliphatic rings. The fourth-order valence-electron chi connectivity index (χ4n) is 3.04. The predicted octanol–water partition coefficient (Wildman–Crippen LogP) is 4.97. The smallest absolute Gasteiger partial charge is 0.339 e. The minimum Gasteiger partial charge on any atom is -0.480 e. The molecular weight excluding hydrogens is 354 g/mol. The summed E-state index contributed by atoms with van der Waals surface area (Å²) in [6, 6.07) is 8.04. The molecule has 0 saturated carbocycles. The first kappa shape index (κ1) is 20.0. The predicted molar refractivity (Wildman–Crippen MR) is 102 cm³/mol. The highest BCUT2D eigenvalue weighted by Gasteiger charge is 2.28. The standard InChI is InChI=1S/C20H24ClNO4/c1-5-26-20(25)16-11-17(14-6-8-15(21)9-7-14)22(13(16)4)18(19(23)24)10-12(2)3/h6-9,11-12,18H,5,10H2,1-4H3,(H,23,24). The minimum atomic E-state index is -0.928. The summed E-state index contributed by atoms with van der Waals surface area (Å²) in [4.78, 5) is 24.3.